The van der Waals surface area contributed by atoms with E-state index >= 15 is 0 Å². The summed E-state index contributed by atoms with van der Waals surface area (Å²) in [5.41, 5.74) is 2.71. The average molecular weight is 284 g/mol. The SMILES string of the molecule is CCC(=O)CC[C@@](C)(COC)C(O)C#C[Si](C)(C)C. The number of ketones is 1. The summed E-state index contributed by atoms with van der Waals surface area (Å²) in [7, 11) is 0.107. The van der Waals surface area contributed by atoms with Crippen LogP contribution in [0, 0.1) is 16.9 Å². The highest BCUT2D eigenvalue weighted by Crippen LogP contribution is 2.28. The molecule has 0 amide bonds. The second kappa shape index (κ2) is 7.84. The van der Waals surface area contributed by atoms with E-state index in [1.165, 1.54) is 0 Å². The molecule has 0 radical (unpaired) electrons. The van der Waals surface area contributed by atoms with Crippen molar-refractivity contribution in [2.45, 2.75) is 58.9 Å². The first-order valence-corrected chi connectivity index (χ1v) is 10.4. The van der Waals surface area contributed by atoms with Crippen molar-refractivity contribution < 1.29 is 14.6 Å². The first-order chi connectivity index (χ1) is 8.64. The number of hydrogen-bond donors (Lipinski definition) is 1. The van der Waals surface area contributed by atoms with Gasteiger partial charge in [0.1, 0.15) is 20.0 Å². The number of Topliss-reactive ketones (excluding diaryl/α,β-unsaturated/α-hetero) is 1. The maximum Gasteiger partial charge on any atom is 0.132 e. The summed E-state index contributed by atoms with van der Waals surface area (Å²) >= 11 is 0. The van der Waals surface area contributed by atoms with Gasteiger partial charge >= 0.3 is 0 Å². The molecule has 0 aliphatic heterocycles. The van der Waals surface area contributed by atoms with E-state index < -0.39 is 19.6 Å². The third-order valence-corrected chi connectivity index (χ3v) is 3.98. The van der Waals surface area contributed by atoms with Crippen molar-refractivity contribution in [2.75, 3.05) is 13.7 Å². The zero-order valence-corrected chi connectivity index (χ0v) is 14.2. The average Bonchev–Trinajstić information content (AvgIpc) is 2.32. The summed E-state index contributed by atoms with van der Waals surface area (Å²) in [6.45, 7) is 10.6. The fraction of sp³-hybridized carbons (Fsp3) is 0.800. The zero-order chi connectivity index (χ0) is 15.1. The molecule has 4 heteroatoms. The molecule has 3 nitrogen and oxygen atoms in total. The quantitative estimate of drug-likeness (QED) is 0.577. The van der Waals surface area contributed by atoms with Crippen LogP contribution >= 0.6 is 0 Å². The number of ether oxygens (including phenoxy) is 1. The fourth-order valence-electron chi connectivity index (χ4n) is 1.68. The zero-order valence-electron chi connectivity index (χ0n) is 13.2. The smallest absolute Gasteiger partial charge is 0.132 e. The van der Waals surface area contributed by atoms with Gasteiger partial charge in [-0.05, 0) is 6.42 Å². The van der Waals surface area contributed by atoms with Crippen LogP contribution in [-0.2, 0) is 9.53 Å². The summed E-state index contributed by atoms with van der Waals surface area (Å²) in [6.07, 6.45) is 0.875. The number of aliphatic hydroxyl groups excluding tert-OH is 1. The number of methoxy groups -OCH3 is 1. The highest BCUT2D eigenvalue weighted by molar-refractivity contribution is 6.83. The first-order valence-electron chi connectivity index (χ1n) is 6.86. The molecule has 110 valence electrons. The van der Waals surface area contributed by atoms with E-state index in [1.54, 1.807) is 7.11 Å². The number of carbonyl (C=O) groups excluding carboxylic acids is 1. The molecule has 0 fully saturated rings. The highest BCUT2D eigenvalue weighted by Gasteiger charge is 2.32. The minimum atomic E-state index is -1.50. The summed E-state index contributed by atoms with van der Waals surface area (Å²) in [6, 6.07) is 0. The Kier molecular flexibility index (Phi) is 7.57. The van der Waals surface area contributed by atoms with Crippen LogP contribution in [0.5, 0.6) is 0 Å². The van der Waals surface area contributed by atoms with Gasteiger partial charge in [0.15, 0.2) is 0 Å². The molecule has 0 saturated carbocycles. The molecule has 2 atom stereocenters. The molecule has 19 heavy (non-hydrogen) atoms. The van der Waals surface area contributed by atoms with Crippen LogP contribution in [0.25, 0.3) is 0 Å². The summed E-state index contributed by atoms with van der Waals surface area (Å²) in [4.78, 5) is 11.5. The predicted octanol–water partition coefficient (Wildman–Crippen LogP) is 2.64. The standard InChI is InChI=1S/C15H28O3Si/c1-7-13(16)8-10-15(2,12-18-3)14(17)9-11-19(4,5)6/h14,17H,7-8,10,12H2,1-6H3/t14?,15-/m0/s1. The van der Waals surface area contributed by atoms with Crippen LogP contribution in [0.2, 0.25) is 19.6 Å². The van der Waals surface area contributed by atoms with Crippen LogP contribution in [0.3, 0.4) is 0 Å². The van der Waals surface area contributed by atoms with Gasteiger partial charge in [-0.25, -0.2) is 0 Å². The molecular formula is C15H28O3Si. The molecule has 0 aliphatic carbocycles. The van der Waals surface area contributed by atoms with Gasteiger partial charge in [0.2, 0.25) is 0 Å². The third kappa shape index (κ3) is 7.51. The molecule has 0 heterocycles. The molecule has 0 spiro atoms. The lowest BCUT2D eigenvalue weighted by Crippen LogP contribution is -2.36. The molecule has 1 unspecified atom stereocenters. The third-order valence-electron chi connectivity index (χ3n) is 3.09. The van der Waals surface area contributed by atoms with Crippen LogP contribution in [0.4, 0.5) is 0 Å². The van der Waals surface area contributed by atoms with E-state index in [0.29, 0.717) is 25.9 Å². The molecule has 0 aliphatic rings. The lowest BCUT2D eigenvalue weighted by atomic mass is 9.80. The molecule has 0 aromatic rings. The van der Waals surface area contributed by atoms with Crippen molar-refractivity contribution in [3.8, 4) is 11.5 Å². The predicted molar refractivity (Wildman–Crippen MR) is 81.6 cm³/mol. The van der Waals surface area contributed by atoms with E-state index in [0.717, 1.165) is 0 Å². The molecule has 0 saturated heterocycles. The van der Waals surface area contributed by atoms with Gasteiger partial charge in [0, 0.05) is 25.4 Å². The number of carbonyl (C=O) groups is 1. The van der Waals surface area contributed by atoms with Gasteiger partial charge in [-0.15, -0.1) is 5.54 Å². The van der Waals surface area contributed by atoms with E-state index in [9.17, 15) is 9.90 Å². The van der Waals surface area contributed by atoms with Crippen molar-refractivity contribution in [1.82, 2.24) is 0 Å². The molecule has 0 aromatic carbocycles. The van der Waals surface area contributed by atoms with E-state index in [2.05, 4.69) is 31.1 Å². The van der Waals surface area contributed by atoms with E-state index in [-0.39, 0.29) is 5.78 Å². The maximum absolute atomic E-state index is 11.5. The summed E-state index contributed by atoms with van der Waals surface area (Å²) < 4.78 is 5.20. The van der Waals surface area contributed by atoms with E-state index in [1.807, 2.05) is 13.8 Å². The van der Waals surface area contributed by atoms with Gasteiger partial charge in [-0.3, -0.25) is 4.79 Å². The van der Waals surface area contributed by atoms with E-state index in [4.69, 9.17) is 4.74 Å². The lowest BCUT2D eigenvalue weighted by molar-refractivity contribution is -0.120. The van der Waals surface area contributed by atoms with Crippen molar-refractivity contribution in [2.24, 2.45) is 5.41 Å². The number of hydrogen-bond acceptors (Lipinski definition) is 3. The fourth-order valence-corrected chi connectivity index (χ4v) is 2.25. The Morgan fingerprint density at radius 2 is 2.00 bits per heavy atom. The molecule has 1 N–H and O–H groups in total. The van der Waals surface area contributed by atoms with Crippen LogP contribution < -0.4 is 0 Å². The van der Waals surface area contributed by atoms with Gasteiger partial charge in [0.05, 0.1) is 6.61 Å². The Morgan fingerprint density at radius 1 is 1.42 bits per heavy atom. The lowest BCUT2D eigenvalue weighted by Gasteiger charge is -2.31. The van der Waals surface area contributed by atoms with Crippen molar-refractivity contribution in [3.63, 3.8) is 0 Å². The second-order valence-corrected chi connectivity index (χ2v) is 11.2. The largest absolute Gasteiger partial charge is 0.384 e. The second-order valence-electron chi connectivity index (χ2n) is 6.40. The first kappa shape index (κ1) is 18.4. The Bertz CT molecular complexity index is 349. The summed E-state index contributed by atoms with van der Waals surface area (Å²) in [5, 5.41) is 10.3. The Labute approximate surface area is 118 Å². The molecular weight excluding hydrogens is 256 g/mol. The highest BCUT2D eigenvalue weighted by atomic mass is 28.3. The van der Waals surface area contributed by atoms with Crippen LogP contribution in [-0.4, -0.2) is 38.8 Å². The monoisotopic (exact) mass is 284 g/mol. The van der Waals surface area contributed by atoms with Gasteiger partial charge < -0.3 is 9.84 Å². The number of rotatable bonds is 7. The van der Waals surface area contributed by atoms with Crippen molar-refractivity contribution in [3.05, 3.63) is 0 Å². The molecule has 0 bridgehead atoms. The Balaban J connectivity index is 4.84. The van der Waals surface area contributed by atoms with Crippen molar-refractivity contribution >= 4 is 13.9 Å². The topological polar surface area (TPSA) is 46.5 Å². The van der Waals surface area contributed by atoms with Gasteiger partial charge in [0.25, 0.3) is 0 Å². The molecule has 0 aromatic heterocycles. The Hall–Kier alpha value is -0.633. The van der Waals surface area contributed by atoms with Crippen molar-refractivity contribution in [1.29, 1.82) is 0 Å². The molecule has 0 rings (SSSR count). The minimum absolute atomic E-state index is 0.215. The van der Waals surface area contributed by atoms with Gasteiger partial charge in [-0.2, -0.15) is 0 Å². The minimum Gasteiger partial charge on any atom is -0.384 e. The van der Waals surface area contributed by atoms with Crippen LogP contribution in [0.15, 0.2) is 0 Å². The summed E-state index contributed by atoms with van der Waals surface area (Å²) in [5.74, 6) is 3.18. The normalized spacial score (nSPS) is 16.2. The number of aliphatic hydroxyl groups is 1. The Morgan fingerprint density at radius 3 is 2.42 bits per heavy atom. The maximum atomic E-state index is 11.5. The van der Waals surface area contributed by atoms with Crippen LogP contribution in [0.1, 0.15) is 33.1 Å². The van der Waals surface area contributed by atoms with Gasteiger partial charge in [-0.1, -0.05) is 39.4 Å².